The summed E-state index contributed by atoms with van der Waals surface area (Å²) in [6, 6.07) is 17.3. The first kappa shape index (κ1) is 12.1. The van der Waals surface area contributed by atoms with Crippen LogP contribution >= 0.6 is 21.6 Å². The molecule has 0 saturated carbocycles. The molecule has 0 aliphatic rings. The van der Waals surface area contributed by atoms with Crippen LogP contribution in [0.3, 0.4) is 0 Å². The molecule has 0 radical (unpaired) electrons. The minimum atomic E-state index is -0.880. The molecule has 0 saturated heterocycles. The van der Waals surface area contributed by atoms with Crippen LogP contribution in [-0.4, -0.2) is 5.97 Å². The Balaban J connectivity index is 1.96. The molecule has 2 rings (SSSR count). The number of benzene rings is 2. The number of rotatable bonds is 3. The molecule has 0 aliphatic heterocycles. The Morgan fingerprint density at radius 3 is 2.29 bits per heavy atom. The van der Waals surface area contributed by atoms with Gasteiger partial charge in [-0.3, -0.25) is 0 Å². The number of aryl methyl sites for hydroxylation is 1. The second kappa shape index (κ2) is 5.82. The van der Waals surface area contributed by atoms with Gasteiger partial charge in [-0.2, -0.15) is 0 Å². The van der Waals surface area contributed by atoms with Crippen LogP contribution < -0.4 is 0 Å². The van der Waals surface area contributed by atoms with Gasteiger partial charge >= 0.3 is 112 Å². The molecule has 2 nitrogen and oxygen atoms in total. The van der Waals surface area contributed by atoms with E-state index < -0.39 is 21.6 Å². The van der Waals surface area contributed by atoms with Crippen LogP contribution in [0.1, 0.15) is 15.9 Å². The van der Waals surface area contributed by atoms with Gasteiger partial charge in [-0.15, -0.1) is 0 Å². The van der Waals surface area contributed by atoms with Gasteiger partial charge in [0.2, 0.25) is 0 Å². The average molecular weight is 340 g/mol. The second-order valence-electron chi connectivity index (χ2n) is 3.63. The fourth-order valence-electron chi connectivity index (χ4n) is 1.30. The van der Waals surface area contributed by atoms with Crippen molar-refractivity contribution >= 4 is 27.6 Å². The molecule has 17 heavy (non-hydrogen) atoms. The first-order valence-electron chi connectivity index (χ1n) is 5.26. The van der Waals surface area contributed by atoms with Gasteiger partial charge in [0.15, 0.2) is 0 Å². The van der Waals surface area contributed by atoms with E-state index in [1.165, 1.54) is 0 Å². The van der Waals surface area contributed by atoms with Gasteiger partial charge in [0.25, 0.3) is 0 Å². The van der Waals surface area contributed by atoms with Crippen molar-refractivity contribution in [2.45, 2.75) is 6.92 Å². The van der Waals surface area contributed by atoms with E-state index in [1.807, 2.05) is 49.4 Å². The van der Waals surface area contributed by atoms with Crippen molar-refractivity contribution in [2.75, 3.05) is 0 Å². The molecule has 0 bridgehead atoms. The van der Waals surface area contributed by atoms with Crippen molar-refractivity contribution in [1.29, 1.82) is 0 Å². The zero-order valence-electron chi connectivity index (χ0n) is 9.42. The van der Waals surface area contributed by atoms with Crippen LogP contribution in [0.15, 0.2) is 54.6 Å². The van der Waals surface area contributed by atoms with E-state index in [0.29, 0.717) is 5.56 Å². The summed E-state index contributed by atoms with van der Waals surface area (Å²) in [5.74, 6) is -0.226. The Bertz CT molecular complexity index is 491. The Morgan fingerprint density at radius 1 is 1.00 bits per heavy atom. The van der Waals surface area contributed by atoms with E-state index in [4.69, 9.17) is 3.07 Å². The minimum absolute atomic E-state index is 0.226. The number of hydrogen-bond acceptors (Lipinski definition) is 2. The van der Waals surface area contributed by atoms with Gasteiger partial charge in [0.1, 0.15) is 0 Å². The average Bonchev–Trinajstić information content (AvgIpc) is 2.38. The Labute approximate surface area is 111 Å². The number of hydrogen-bond donors (Lipinski definition) is 0. The van der Waals surface area contributed by atoms with Gasteiger partial charge in [0, 0.05) is 0 Å². The summed E-state index contributed by atoms with van der Waals surface area (Å²) >= 11 is -0.880. The van der Waals surface area contributed by atoms with Crippen LogP contribution in [-0.2, 0) is 3.07 Å². The van der Waals surface area contributed by atoms with Crippen LogP contribution in [0.25, 0.3) is 0 Å². The van der Waals surface area contributed by atoms with Crippen LogP contribution in [0.2, 0.25) is 0 Å². The van der Waals surface area contributed by atoms with Gasteiger partial charge in [-0.25, -0.2) is 0 Å². The van der Waals surface area contributed by atoms with Gasteiger partial charge in [-0.05, 0) is 0 Å². The number of carbonyl (C=O) groups is 1. The van der Waals surface area contributed by atoms with Crippen molar-refractivity contribution in [3.63, 3.8) is 0 Å². The molecule has 0 heterocycles. The molecule has 0 aliphatic carbocycles. The molecule has 88 valence electrons. The van der Waals surface area contributed by atoms with Crippen molar-refractivity contribution in [3.8, 4) is 0 Å². The fraction of sp³-hybridized carbons (Fsp3) is 0.0714. The normalized spacial score (nSPS) is 10.2. The number of carbonyl (C=O) groups excluding carboxylic acids is 1. The van der Waals surface area contributed by atoms with E-state index in [2.05, 4.69) is 0 Å². The molecular weight excluding hydrogens is 327 g/mol. The number of halogens is 1. The first-order valence-corrected chi connectivity index (χ1v) is 7.38. The molecule has 0 unspecified atom stereocenters. The summed E-state index contributed by atoms with van der Waals surface area (Å²) in [6.07, 6.45) is 0. The second-order valence-corrected chi connectivity index (χ2v) is 5.93. The molecule has 2 aromatic carbocycles. The summed E-state index contributed by atoms with van der Waals surface area (Å²) < 4.78 is 6.47. The van der Waals surface area contributed by atoms with E-state index in [9.17, 15) is 4.79 Å². The van der Waals surface area contributed by atoms with Crippen LogP contribution in [0, 0.1) is 10.5 Å². The third kappa shape index (κ3) is 3.56. The fourth-order valence-corrected chi connectivity index (χ4v) is 2.83. The predicted molar refractivity (Wildman–Crippen MR) is 77.1 cm³/mol. The Kier molecular flexibility index (Phi) is 4.14. The third-order valence-electron chi connectivity index (χ3n) is 2.24. The van der Waals surface area contributed by atoms with E-state index in [1.54, 1.807) is 12.1 Å². The third-order valence-corrected chi connectivity index (χ3v) is 4.24. The van der Waals surface area contributed by atoms with E-state index in [-0.39, 0.29) is 5.97 Å². The molecular formula is C14H13IO2. The van der Waals surface area contributed by atoms with Gasteiger partial charge < -0.3 is 0 Å². The zero-order chi connectivity index (χ0) is 12.1. The molecule has 0 aromatic heterocycles. The predicted octanol–water partition coefficient (Wildman–Crippen LogP) is 3.64. The van der Waals surface area contributed by atoms with Crippen molar-refractivity contribution in [3.05, 3.63) is 69.3 Å². The summed E-state index contributed by atoms with van der Waals surface area (Å²) in [5, 5.41) is 0. The van der Waals surface area contributed by atoms with Crippen molar-refractivity contribution in [2.24, 2.45) is 0 Å². The zero-order valence-corrected chi connectivity index (χ0v) is 11.8. The molecule has 3 heteroatoms. The molecule has 0 N–H and O–H groups in total. The quantitative estimate of drug-likeness (QED) is 0.798. The van der Waals surface area contributed by atoms with Crippen molar-refractivity contribution in [1.82, 2.24) is 0 Å². The molecule has 0 amide bonds. The van der Waals surface area contributed by atoms with Crippen molar-refractivity contribution < 1.29 is 7.86 Å². The maximum absolute atomic E-state index is 11.7. The molecule has 0 fully saturated rings. The van der Waals surface area contributed by atoms with Crippen LogP contribution in [0.5, 0.6) is 0 Å². The summed E-state index contributed by atoms with van der Waals surface area (Å²) in [5.41, 5.74) is 1.76. The first-order chi connectivity index (χ1) is 8.25. The molecule has 0 atom stereocenters. The Morgan fingerprint density at radius 2 is 1.65 bits per heavy atom. The van der Waals surface area contributed by atoms with Gasteiger partial charge in [0.05, 0.1) is 0 Å². The van der Waals surface area contributed by atoms with Crippen LogP contribution in [0.4, 0.5) is 0 Å². The summed E-state index contributed by atoms with van der Waals surface area (Å²) in [4.78, 5) is 11.7. The van der Waals surface area contributed by atoms with Gasteiger partial charge in [-0.1, -0.05) is 0 Å². The SMILES string of the molecule is Cc1ccc(C(=O)O[IH]c2ccccc2)cc1. The topological polar surface area (TPSA) is 26.3 Å². The molecule has 0 spiro atoms. The Hall–Kier alpha value is -1.36. The maximum atomic E-state index is 11.7. The summed E-state index contributed by atoms with van der Waals surface area (Å²) in [7, 11) is 0. The van der Waals surface area contributed by atoms with E-state index in [0.717, 1.165) is 9.13 Å². The van der Waals surface area contributed by atoms with E-state index >= 15 is 0 Å². The summed E-state index contributed by atoms with van der Waals surface area (Å²) in [6.45, 7) is 1.99. The molecule has 2 aromatic rings. The monoisotopic (exact) mass is 340 g/mol. The standard InChI is InChI=1S/C14H13IO2/c1-11-7-9-12(10-8-11)14(16)17-15-13-5-3-2-4-6-13/h2-10,15H,1H3.